The molecule has 0 radical (unpaired) electrons. The third-order valence-corrected chi connectivity index (χ3v) is 8.35. The number of hydrogen-bond donors (Lipinski definition) is 1. The largest absolute Gasteiger partial charge is 0.494 e. The average molecular weight is 587 g/mol. The van der Waals surface area contributed by atoms with Crippen LogP contribution in [0, 0.1) is 0 Å². The quantitative estimate of drug-likeness (QED) is 0.278. The van der Waals surface area contributed by atoms with Gasteiger partial charge in [-0.25, -0.2) is 13.4 Å². The van der Waals surface area contributed by atoms with Gasteiger partial charge in [-0.1, -0.05) is 12.1 Å². The zero-order valence-electron chi connectivity index (χ0n) is 23.6. The van der Waals surface area contributed by atoms with Crippen molar-refractivity contribution >= 4 is 21.6 Å². The van der Waals surface area contributed by atoms with Crippen molar-refractivity contribution in [1.82, 2.24) is 24.1 Å². The number of ether oxygens (including phenoxy) is 5. The Morgan fingerprint density at radius 2 is 1.78 bits per heavy atom. The minimum absolute atomic E-state index is 0.0675. The fraction of sp³-hybridized carbons (Fsp3) is 0.444. The lowest BCUT2D eigenvalue weighted by Crippen LogP contribution is -2.34. The van der Waals surface area contributed by atoms with Crippen LogP contribution < -0.4 is 14.2 Å². The number of imidazole rings is 1. The lowest BCUT2D eigenvalue weighted by atomic mass is 10.2. The van der Waals surface area contributed by atoms with E-state index in [1.54, 1.807) is 31.3 Å². The summed E-state index contributed by atoms with van der Waals surface area (Å²) >= 11 is 0. The third-order valence-electron chi connectivity index (χ3n) is 6.66. The number of rotatable bonds is 11. The van der Waals surface area contributed by atoms with Gasteiger partial charge >= 0.3 is 0 Å². The molecule has 4 heterocycles. The smallest absolute Gasteiger partial charge is 0.243 e. The minimum Gasteiger partial charge on any atom is -0.494 e. The van der Waals surface area contributed by atoms with Gasteiger partial charge in [-0.3, -0.25) is 9.29 Å². The molecule has 1 aromatic carbocycles. The first-order chi connectivity index (χ1) is 19.7. The maximum Gasteiger partial charge on any atom is 0.243 e. The highest BCUT2D eigenvalue weighted by molar-refractivity contribution is 7.93. The minimum atomic E-state index is -4.13. The SMILES string of the molecule is COc1cccc(OC)c1-n1c(NS(=O)(=O)[C@H](C)[C@H](OC(C)C)c2cn3ccccc3n2)nnc1[C@H]1COCCO1. The monoisotopic (exact) mass is 586 g/mol. The van der Waals surface area contributed by atoms with Crippen LogP contribution in [0.5, 0.6) is 11.5 Å². The Bertz CT molecular complexity index is 1540. The third kappa shape index (κ3) is 5.86. The molecule has 1 N–H and O–H groups in total. The van der Waals surface area contributed by atoms with Crippen LogP contribution in [0.4, 0.5) is 5.95 Å². The summed E-state index contributed by atoms with van der Waals surface area (Å²) in [6.45, 7) is 6.28. The van der Waals surface area contributed by atoms with Gasteiger partial charge in [-0.05, 0) is 45.0 Å². The van der Waals surface area contributed by atoms with E-state index in [-0.39, 0.29) is 18.7 Å². The Morgan fingerprint density at radius 3 is 2.41 bits per heavy atom. The number of anilines is 1. The molecule has 3 atom stereocenters. The molecule has 0 saturated carbocycles. The van der Waals surface area contributed by atoms with Crippen molar-refractivity contribution in [3.8, 4) is 17.2 Å². The summed E-state index contributed by atoms with van der Waals surface area (Å²) in [5.74, 6) is 1.10. The van der Waals surface area contributed by atoms with Crippen molar-refractivity contribution in [1.29, 1.82) is 0 Å². The van der Waals surface area contributed by atoms with Gasteiger partial charge in [-0.15, -0.1) is 10.2 Å². The number of methoxy groups -OCH3 is 2. The molecule has 5 rings (SSSR count). The first-order valence-electron chi connectivity index (χ1n) is 13.2. The van der Waals surface area contributed by atoms with Crippen LogP contribution in [0.25, 0.3) is 11.3 Å². The van der Waals surface area contributed by atoms with Gasteiger partial charge in [0.15, 0.2) is 5.82 Å². The van der Waals surface area contributed by atoms with E-state index in [0.29, 0.717) is 47.6 Å². The molecule has 220 valence electrons. The summed E-state index contributed by atoms with van der Waals surface area (Å²) in [5.41, 5.74) is 1.58. The zero-order valence-corrected chi connectivity index (χ0v) is 24.4. The van der Waals surface area contributed by atoms with E-state index in [2.05, 4.69) is 19.9 Å². The summed E-state index contributed by atoms with van der Waals surface area (Å²) in [6.07, 6.45) is 1.88. The maximum atomic E-state index is 14.0. The van der Waals surface area contributed by atoms with Gasteiger partial charge in [0.25, 0.3) is 0 Å². The fourth-order valence-corrected chi connectivity index (χ4v) is 5.77. The number of pyridine rings is 1. The van der Waals surface area contributed by atoms with Gasteiger partial charge in [0, 0.05) is 12.4 Å². The molecule has 0 aliphatic carbocycles. The second-order valence-electron chi connectivity index (χ2n) is 9.75. The standard InChI is InChI=1S/C27H34N6O7S/c1-17(2)40-25(19-15-32-12-7-6-11-23(32)28-19)18(3)41(34,35)31-27-30-29-26(22-16-38-13-14-39-22)33(27)24-20(36-4)9-8-10-21(24)37-5/h6-12,15,17-18,22,25H,13-14,16H2,1-5H3,(H,30,31)/t18-,22-,25+/m1/s1. The van der Waals surface area contributed by atoms with Crippen LogP contribution in [0.1, 0.15) is 44.5 Å². The molecule has 0 spiro atoms. The molecule has 0 amide bonds. The number of aromatic nitrogens is 5. The Kier molecular flexibility index (Phi) is 8.45. The summed E-state index contributed by atoms with van der Waals surface area (Å²) in [7, 11) is -1.11. The number of benzene rings is 1. The maximum absolute atomic E-state index is 14.0. The van der Waals surface area contributed by atoms with Crippen molar-refractivity contribution in [2.45, 2.75) is 44.3 Å². The predicted molar refractivity (Wildman–Crippen MR) is 150 cm³/mol. The number of fused-ring (bicyclic) bond motifs is 1. The van der Waals surface area contributed by atoms with Crippen LogP contribution in [0.2, 0.25) is 0 Å². The van der Waals surface area contributed by atoms with Crippen molar-refractivity contribution in [3.63, 3.8) is 0 Å². The highest BCUT2D eigenvalue weighted by Crippen LogP contribution is 2.38. The molecule has 1 saturated heterocycles. The van der Waals surface area contributed by atoms with Gasteiger partial charge in [0.2, 0.25) is 16.0 Å². The van der Waals surface area contributed by atoms with Gasteiger partial charge in [-0.2, -0.15) is 0 Å². The topological polar surface area (TPSA) is 140 Å². The van der Waals surface area contributed by atoms with Crippen LogP contribution in [-0.4, -0.2) is 78.0 Å². The molecule has 0 bridgehead atoms. The van der Waals surface area contributed by atoms with E-state index in [9.17, 15) is 8.42 Å². The Morgan fingerprint density at radius 1 is 1.02 bits per heavy atom. The zero-order chi connectivity index (χ0) is 29.1. The summed E-state index contributed by atoms with van der Waals surface area (Å²) in [4.78, 5) is 4.63. The summed E-state index contributed by atoms with van der Waals surface area (Å²) in [6, 6.07) is 10.8. The molecule has 1 aliphatic rings. The first kappa shape index (κ1) is 28.8. The molecule has 1 fully saturated rings. The van der Waals surface area contributed by atoms with Crippen molar-refractivity contribution in [3.05, 3.63) is 60.3 Å². The van der Waals surface area contributed by atoms with Crippen molar-refractivity contribution < 1.29 is 32.1 Å². The molecule has 4 aromatic rings. The van der Waals surface area contributed by atoms with E-state index in [0.717, 1.165) is 0 Å². The molecular formula is C27H34N6O7S. The number of para-hydroxylation sites is 1. The summed E-state index contributed by atoms with van der Waals surface area (Å²) < 4.78 is 62.8. The lowest BCUT2D eigenvalue weighted by Gasteiger charge is -2.26. The van der Waals surface area contributed by atoms with E-state index < -0.39 is 27.5 Å². The van der Waals surface area contributed by atoms with Gasteiger partial charge in [0.05, 0.1) is 45.8 Å². The highest BCUT2D eigenvalue weighted by atomic mass is 32.2. The number of nitrogens with one attached hydrogen (secondary N) is 1. The molecule has 3 aromatic heterocycles. The van der Waals surface area contributed by atoms with E-state index in [1.807, 2.05) is 42.6 Å². The van der Waals surface area contributed by atoms with Gasteiger partial charge < -0.3 is 28.1 Å². The Hall–Kier alpha value is -3.72. The normalized spacial score (nSPS) is 17.5. The lowest BCUT2D eigenvalue weighted by molar-refractivity contribution is -0.0941. The number of sulfonamides is 1. The van der Waals surface area contributed by atoms with E-state index >= 15 is 0 Å². The second kappa shape index (κ2) is 12.0. The van der Waals surface area contributed by atoms with Crippen LogP contribution in [0.3, 0.4) is 0 Å². The molecule has 14 heteroatoms. The fourth-order valence-electron chi connectivity index (χ4n) is 4.67. The average Bonchev–Trinajstić information content (AvgIpc) is 3.59. The molecule has 1 aliphatic heterocycles. The number of nitrogens with zero attached hydrogens (tertiary/aromatic N) is 5. The van der Waals surface area contributed by atoms with Crippen LogP contribution in [0.15, 0.2) is 48.8 Å². The van der Waals surface area contributed by atoms with Crippen LogP contribution in [-0.2, 0) is 24.2 Å². The Balaban J connectivity index is 1.57. The first-order valence-corrected chi connectivity index (χ1v) is 14.7. The number of hydrogen-bond acceptors (Lipinski definition) is 10. The predicted octanol–water partition coefficient (Wildman–Crippen LogP) is 3.32. The van der Waals surface area contributed by atoms with Gasteiger partial charge in [0.1, 0.15) is 40.3 Å². The Labute approximate surface area is 238 Å². The second-order valence-corrected chi connectivity index (χ2v) is 11.8. The molecule has 0 unspecified atom stereocenters. The summed E-state index contributed by atoms with van der Waals surface area (Å²) in [5, 5.41) is 7.47. The highest BCUT2D eigenvalue weighted by Gasteiger charge is 2.37. The molecule has 41 heavy (non-hydrogen) atoms. The van der Waals surface area contributed by atoms with Crippen molar-refractivity contribution in [2.75, 3.05) is 38.8 Å². The van der Waals surface area contributed by atoms with Crippen LogP contribution >= 0.6 is 0 Å². The van der Waals surface area contributed by atoms with E-state index in [4.69, 9.17) is 23.7 Å². The van der Waals surface area contributed by atoms with E-state index in [1.165, 1.54) is 18.8 Å². The molecular weight excluding hydrogens is 552 g/mol. The van der Waals surface area contributed by atoms with Crippen molar-refractivity contribution in [2.24, 2.45) is 0 Å². The molecule has 13 nitrogen and oxygen atoms in total.